The van der Waals surface area contributed by atoms with E-state index in [0.717, 1.165) is 12.1 Å². The van der Waals surface area contributed by atoms with Gasteiger partial charge in [0.25, 0.3) is 0 Å². The van der Waals surface area contributed by atoms with Gasteiger partial charge >= 0.3 is 6.18 Å². The van der Waals surface area contributed by atoms with Gasteiger partial charge in [0.05, 0.1) is 5.56 Å². The van der Waals surface area contributed by atoms with Crippen molar-refractivity contribution in [3.05, 3.63) is 59.4 Å². The van der Waals surface area contributed by atoms with Crippen molar-refractivity contribution >= 4 is 5.69 Å². The molecule has 106 valence electrons. The molecule has 2 aromatic rings. The fourth-order valence-electron chi connectivity index (χ4n) is 1.67. The Labute approximate surface area is 112 Å². The lowest BCUT2D eigenvalue weighted by atomic mass is 10.1. The summed E-state index contributed by atoms with van der Waals surface area (Å²) in [5.41, 5.74) is 4.52. The van der Waals surface area contributed by atoms with Gasteiger partial charge in [-0.3, -0.25) is 0 Å². The Morgan fingerprint density at radius 1 is 1.05 bits per heavy atom. The summed E-state index contributed by atoms with van der Waals surface area (Å²) in [7, 11) is 0. The molecule has 0 aliphatic rings. The third-order valence-corrected chi connectivity index (χ3v) is 2.65. The van der Waals surface area contributed by atoms with Crippen LogP contribution in [0, 0.1) is 5.82 Å². The lowest BCUT2D eigenvalue weighted by Crippen LogP contribution is -2.10. The highest BCUT2D eigenvalue weighted by atomic mass is 19.4. The lowest BCUT2D eigenvalue weighted by molar-refractivity contribution is -0.139. The summed E-state index contributed by atoms with van der Waals surface area (Å²) in [5, 5.41) is 0. The number of benzene rings is 2. The molecule has 20 heavy (non-hydrogen) atoms. The molecule has 0 aliphatic carbocycles. The van der Waals surface area contributed by atoms with Gasteiger partial charge in [0, 0.05) is 11.3 Å². The van der Waals surface area contributed by atoms with Crippen LogP contribution in [0.1, 0.15) is 11.1 Å². The molecule has 0 bridgehead atoms. The number of nitrogens with two attached hydrogens (primary N) is 1. The fourth-order valence-corrected chi connectivity index (χ4v) is 1.67. The Morgan fingerprint density at radius 2 is 1.75 bits per heavy atom. The van der Waals surface area contributed by atoms with Crippen molar-refractivity contribution in [3.63, 3.8) is 0 Å². The predicted molar refractivity (Wildman–Crippen MR) is 66.6 cm³/mol. The Kier molecular flexibility index (Phi) is 3.83. The smallest absolute Gasteiger partial charge is 0.420 e. The zero-order valence-electron chi connectivity index (χ0n) is 10.2. The van der Waals surface area contributed by atoms with Crippen molar-refractivity contribution in [1.29, 1.82) is 0 Å². The number of nitrogen functional groups attached to an aromatic ring is 1. The molecule has 0 saturated heterocycles. The van der Waals surface area contributed by atoms with E-state index in [4.69, 9.17) is 10.5 Å². The zero-order chi connectivity index (χ0) is 14.8. The van der Waals surface area contributed by atoms with Crippen LogP contribution in [-0.2, 0) is 12.8 Å². The van der Waals surface area contributed by atoms with Gasteiger partial charge in [0.2, 0.25) is 0 Å². The van der Waals surface area contributed by atoms with E-state index < -0.39 is 17.6 Å². The minimum Gasteiger partial charge on any atom is -0.488 e. The molecular weight excluding hydrogens is 274 g/mol. The number of ether oxygens (including phenoxy) is 1. The quantitative estimate of drug-likeness (QED) is 0.683. The van der Waals surface area contributed by atoms with E-state index in [-0.39, 0.29) is 23.6 Å². The number of hydrogen-bond acceptors (Lipinski definition) is 2. The maximum absolute atomic E-state index is 13.4. The molecule has 2 rings (SSSR count). The van der Waals surface area contributed by atoms with Crippen LogP contribution in [0.4, 0.5) is 23.2 Å². The van der Waals surface area contributed by atoms with Gasteiger partial charge in [-0.15, -0.1) is 0 Å². The first-order valence-corrected chi connectivity index (χ1v) is 5.71. The molecule has 2 aromatic carbocycles. The maximum Gasteiger partial charge on any atom is 0.420 e. The van der Waals surface area contributed by atoms with E-state index in [2.05, 4.69) is 0 Å². The normalized spacial score (nSPS) is 11.4. The van der Waals surface area contributed by atoms with Gasteiger partial charge in [0.1, 0.15) is 18.2 Å². The molecule has 0 aromatic heterocycles. The third kappa shape index (κ3) is 3.20. The Bertz CT molecular complexity index is 610. The molecule has 0 fully saturated rings. The molecule has 0 atom stereocenters. The minimum atomic E-state index is -4.58. The highest BCUT2D eigenvalue weighted by Gasteiger charge is 2.34. The summed E-state index contributed by atoms with van der Waals surface area (Å²) >= 11 is 0. The van der Waals surface area contributed by atoms with Crippen LogP contribution in [0.25, 0.3) is 0 Å². The lowest BCUT2D eigenvalue weighted by Gasteiger charge is -2.14. The number of rotatable bonds is 3. The minimum absolute atomic E-state index is 0.0180. The molecule has 0 amide bonds. The van der Waals surface area contributed by atoms with E-state index in [1.807, 2.05) is 0 Å². The molecule has 0 radical (unpaired) electrons. The first-order valence-electron chi connectivity index (χ1n) is 5.71. The predicted octanol–water partition coefficient (Wildman–Crippen LogP) is 4.01. The van der Waals surface area contributed by atoms with Gasteiger partial charge in [-0.05, 0) is 24.3 Å². The molecule has 0 unspecified atom stereocenters. The van der Waals surface area contributed by atoms with Crippen LogP contribution >= 0.6 is 0 Å². The summed E-state index contributed by atoms with van der Waals surface area (Å²) in [4.78, 5) is 0. The molecule has 0 spiro atoms. The van der Waals surface area contributed by atoms with Gasteiger partial charge in [-0.1, -0.05) is 18.2 Å². The first-order chi connectivity index (χ1) is 9.38. The summed E-state index contributed by atoms with van der Waals surface area (Å²) in [6.45, 7) is -0.292. The van der Waals surface area contributed by atoms with Crippen LogP contribution < -0.4 is 10.5 Å². The zero-order valence-corrected chi connectivity index (χ0v) is 10.2. The molecule has 2 N–H and O–H groups in total. The maximum atomic E-state index is 13.4. The van der Waals surface area contributed by atoms with Crippen LogP contribution in [0.2, 0.25) is 0 Å². The number of anilines is 1. The van der Waals surface area contributed by atoms with Gasteiger partial charge in [-0.25, -0.2) is 4.39 Å². The van der Waals surface area contributed by atoms with E-state index >= 15 is 0 Å². The average molecular weight is 285 g/mol. The standard InChI is InChI=1S/C14H11F4NO/c15-12-4-2-1-3-9(12)8-20-13-6-5-10(19)7-11(13)14(16,17)18/h1-7H,8,19H2. The number of hydrogen-bond donors (Lipinski definition) is 1. The van der Waals surface area contributed by atoms with Gasteiger partial charge < -0.3 is 10.5 Å². The van der Waals surface area contributed by atoms with E-state index in [1.165, 1.54) is 24.3 Å². The number of alkyl halides is 3. The van der Waals surface area contributed by atoms with Crippen molar-refractivity contribution in [1.82, 2.24) is 0 Å². The summed E-state index contributed by atoms with van der Waals surface area (Å²) < 4.78 is 56.9. The first kappa shape index (κ1) is 14.2. The molecule has 0 aliphatic heterocycles. The van der Waals surface area contributed by atoms with Gasteiger partial charge in [-0.2, -0.15) is 13.2 Å². The highest BCUT2D eigenvalue weighted by Crippen LogP contribution is 2.37. The largest absolute Gasteiger partial charge is 0.488 e. The van der Waals surface area contributed by atoms with Crippen molar-refractivity contribution in [2.24, 2.45) is 0 Å². The second-order valence-electron chi connectivity index (χ2n) is 4.13. The summed E-state index contributed by atoms with van der Waals surface area (Å²) in [6.07, 6.45) is -4.58. The molecular formula is C14H11F4NO. The summed E-state index contributed by atoms with van der Waals surface area (Å²) in [6, 6.07) is 8.94. The highest BCUT2D eigenvalue weighted by molar-refractivity contribution is 5.49. The Hall–Kier alpha value is -2.24. The topological polar surface area (TPSA) is 35.2 Å². The summed E-state index contributed by atoms with van der Waals surface area (Å²) in [5.74, 6) is -0.911. The van der Waals surface area contributed by atoms with E-state index in [9.17, 15) is 17.6 Å². The Morgan fingerprint density at radius 3 is 2.40 bits per heavy atom. The van der Waals surface area contributed by atoms with Crippen molar-refractivity contribution in [2.45, 2.75) is 12.8 Å². The van der Waals surface area contributed by atoms with Crippen LogP contribution in [-0.4, -0.2) is 0 Å². The SMILES string of the molecule is Nc1ccc(OCc2ccccc2F)c(C(F)(F)F)c1. The Balaban J connectivity index is 2.24. The number of halogens is 4. The molecule has 6 heteroatoms. The fraction of sp³-hybridized carbons (Fsp3) is 0.143. The third-order valence-electron chi connectivity index (χ3n) is 2.65. The van der Waals surface area contributed by atoms with E-state index in [1.54, 1.807) is 6.07 Å². The second-order valence-corrected chi connectivity index (χ2v) is 4.13. The molecule has 2 nitrogen and oxygen atoms in total. The second kappa shape index (κ2) is 5.40. The van der Waals surface area contributed by atoms with E-state index in [0.29, 0.717) is 0 Å². The van der Waals surface area contributed by atoms with Crippen molar-refractivity contribution in [3.8, 4) is 5.75 Å². The molecule has 0 heterocycles. The monoisotopic (exact) mass is 285 g/mol. The van der Waals surface area contributed by atoms with Crippen molar-refractivity contribution < 1.29 is 22.3 Å². The van der Waals surface area contributed by atoms with Crippen LogP contribution in [0.3, 0.4) is 0 Å². The average Bonchev–Trinajstić information content (AvgIpc) is 2.38. The van der Waals surface area contributed by atoms with Crippen LogP contribution in [0.5, 0.6) is 5.75 Å². The van der Waals surface area contributed by atoms with Gasteiger partial charge in [0.15, 0.2) is 0 Å². The van der Waals surface area contributed by atoms with Crippen LogP contribution in [0.15, 0.2) is 42.5 Å². The van der Waals surface area contributed by atoms with Crippen molar-refractivity contribution in [2.75, 3.05) is 5.73 Å². The molecule has 0 saturated carbocycles.